The number of H-pyrrole nitrogens is 1. The maximum absolute atomic E-state index is 4.63. The average Bonchev–Trinajstić information content (AvgIpc) is 3.13. The van der Waals surface area contributed by atoms with Crippen LogP contribution in [0.25, 0.3) is 22.2 Å². The summed E-state index contributed by atoms with van der Waals surface area (Å²) < 4.78 is 1.84. The predicted octanol–water partition coefficient (Wildman–Crippen LogP) is 4.01. The summed E-state index contributed by atoms with van der Waals surface area (Å²) >= 11 is 0. The normalized spacial score (nSPS) is 16.6. The molecule has 4 heteroatoms. The highest BCUT2D eigenvalue weighted by atomic mass is 15.2. The van der Waals surface area contributed by atoms with E-state index in [1.807, 2.05) is 24.1 Å². The van der Waals surface area contributed by atoms with Gasteiger partial charge in [0, 0.05) is 42.2 Å². The fourth-order valence-corrected chi connectivity index (χ4v) is 3.48. The van der Waals surface area contributed by atoms with E-state index in [-0.39, 0.29) is 0 Å². The molecule has 0 unspecified atom stereocenters. The summed E-state index contributed by atoms with van der Waals surface area (Å²) in [6, 6.07) is 2.33. The molecule has 21 heavy (non-hydrogen) atoms. The molecule has 1 saturated carbocycles. The van der Waals surface area contributed by atoms with Crippen molar-refractivity contribution in [3.8, 4) is 11.1 Å². The first-order chi connectivity index (χ1) is 10.3. The summed E-state index contributed by atoms with van der Waals surface area (Å²) in [5.74, 6) is 0.687. The standard InChI is InChI=1S/C17H20N4/c1-21-11-14(9-20-21)16-10-19-17-15(16)7-13(8-18-17)12-5-3-2-4-6-12/h7-12H,2-6H2,1H3,(H,18,19). The van der Waals surface area contributed by atoms with Gasteiger partial charge in [0.15, 0.2) is 0 Å². The summed E-state index contributed by atoms with van der Waals surface area (Å²) in [5, 5.41) is 5.49. The Kier molecular flexibility index (Phi) is 3.02. The van der Waals surface area contributed by atoms with Crippen LogP contribution in [0.3, 0.4) is 0 Å². The first-order valence-corrected chi connectivity index (χ1v) is 7.77. The molecule has 1 aliphatic rings. The van der Waals surface area contributed by atoms with Crippen molar-refractivity contribution in [1.29, 1.82) is 0 Å². The summed E-state index contributed by atoms with van der Waals surface area (Å²) in [4.78, 5) is 7.90. The van der Waals surface area contributed by atoms with E-state index in [0.717, 1.165) is 11.2 Å². The molecule has 3 aromatic heterocycles. The van der Waals surface area contributed by atoms with Crippen molar-refractivity contribution in [2.75, 3.05) is 0 Å². The van der Waals surface area contributed by atoms with Crippen LogP contribution in [0.15, 0.2) is 30.9 Å². The number of fused-ring (bicyclic) bond motifs is 1. The SMILES string of the molecule is Cn1cc(-c2c[nH]c3ncc(C4CCCCC4)cc23)cn1. The molecular formula is C17H20N4. The molecule has 3 heterocycles. The summed E-state index contributed by atoms with van der Waals surface area (Å²) in [5.41, 5.74) is 4.70. The molecule has 0 aliphatic heterocycles. The lowest BCUT2D eigenvalue weighted by atomic mass is 9.84. The minimum absolute atomic E-state index is 0.687. The van der Waals surface area contributed by atoms with Crippen LogP contribution < -0.4 is 0 Å². The van der Waals surface area contributed by atoms with Crippen molar-refractivity contribution in [2.24, 2.45) is 7.05 Å². The van der Waals surface area contributed by atoms with Crippen molar-refractivity contribution in [1.82, 2.24) is 19.7 Å². The van der Waals surface area contributed by atoms with E-state index in [2.05, 4.69) is 33.5 Å². The van der Waals surface area contributed by atoms with E-state index >= 15 is 0 Å². The second kappa shape index (κ2) is 5.02. The van der Waals surface area contributed by atoms with Gasteiger partial charge in [0.25, 0.3) is 0 Å². The summed E-state index contributed by atoms with van der Waals surface area (Å²) in [6.07, 6.45) is 14.8. The lowest BCUT2D eigenvalue weighted by Crippen LogP contribution is -2.04. The van der Waals surface area contributed by atoms with Crippen LogP contribution in [0, 0.1) is 0 Å². The second-order valence-electron chi connectivity index (χ2n) is 6.10. The molecule has 1 aliphatic carbocycles. The van der Waals surface area contributed by atoms with E-state index < -0.39 is 0 Å². The van der Waals surface area contributed by atoms with Gasteiger partial charge in [-0.3, -0.25) is 4.68 Å². The lowest BCUT2D eigenvalue weighted by Gasteiger charge is -2.21. The van der Waals surface area contributed by atoms with Crippen LogP contribution in [-0.4, -0.2) is 19.7 Å². The van der Waals surface area contributed by atoms with Gasteiger partial charge >= 0.3 is 0 Å². The molecule has 0 amide bonds. The third kappa shape index (κ3) is 2.24. The van der Waals surface area contributed by atoms with Gasteiger partial charge in [-0.2, -0.15) is 5.10 Å². The number of rotatable bonds is 2. The Morgan fingerprint density at radius 1 is 1.19 bits per heavy atom. The Bertz CT molecular complexity index is 762. The highest BCUT2D eigenvalue weighted by Crippen LogP contribution is 2.35. The minimum atomic E-state index is 0.687. The van der Waals surface area contributed by atoms with Gasteiger partial charge < -0.3 is 4.98 Å². The number of hydrogen-bond acceptors (Lipinski definition) is 2. The van der Waals surface area contributed by atoms with Crippen molar-refractivity contribution in [2.45, 2.75) is 38.0 Å². The zero-order valence-electron chi connectivity index (χ0n) is 12.3. The first-order valence-electron chi connectivity index (χ1n) is 7.77. The van der Waals surface area contributed by atoms with Gasteiger partial charge in [-0.25, -0.2) is 4.98 Å². The van der Waals surface area contributed by atoms with Crippen molar-refractivity contribution in [3.63, 3.8) is 0 Å². The number of aromatic nitrogens is 4. The molecule has 0 spiro atoms. The zero-order valence-corrected chi connectivity index (χ0v) is 12.3. The van der Waals surface area contributed by atoms with Gasteiger partial charge in [-0.05, 0) is 30.4 Å². The van der Waals surface area contributed by atoms with Crippen LogP contribution in [-0.2, 0) is 7.05 Å². The Hall–Kier alpha value is -2.10. The van der Waals surface area contributed by atoms with Gasteiger partial charge in [0.1, 0.15) is 5.65 Å². The minimum Gasteiger partial charge on any atom is -0.346 e. The van der Waals surface area contributed by atoms with Gasteiger partial charge in [0.2, 0.25) is 0 Å². The first kappa shape index (κ1) is 12.6. The fraction of sp³-hybridized carbons (Fsp3) is 0.412. The number of hydrogen-bond donors (Lipinski definition) is 1. The van der Waals surface area contributed by atoms with E-state index in [0.29, 0.717) is 5.92 Å². The van der Waals surface area contributed by atoms with E-state index in [1.54, 1.807) is 0 Å². The van der Waals surface area contributed by atoms with Crippen molar-refractivity contribution in [3.05, 3.63) is 36.4 Å². The zero-order chi connectivity index (χ0) is 14.2. The topological polar surface area (TPSA) is 46.5 Å². The van der Waals surface area contributed by atoms with Gasteiger partial charge in [0.05, 0.1) is 6.20 Å². The Morgan fingerprint density at radius 3 is 2.81 bits per heavy atom. The van der Waals surface area contributed by atoms with E-state index in [9.17, 15) is 0 Å². The highest BCUT2D eigenvalue weighted by molar-refractivity contribution is 5.93. The maximum atomic E-state index is 4.63. The van der Waals surface area contributed by atoms with Crippen LogP contribution in [0.5, 0.6) is 0 Å². The van der Waals surface area contributed by atoms with Crippen LogP contribution in [0.4, 0.5) is 0 Å². The molecule has 0 atom stereocenters. The van der Waals surface area contributed by atoms with Crippen molar-refractivity contribution >= 4 is 11.0 Å². The molecule has 4 rings (SSSR count). The molecule has 0 radical (unpaired) electrons. The van der Waals surface area contributed by atoms with Crippen molar-refractivity contribution < 1.29 is 0 Å². The molecule has 1 fully saturated rings. The quantitative estimate of drug-likeness (QED) is 0.771. The second-order valence-corrected chi connectivity index (χ2v) is 6.10. The Morgan fingerprint density at radius 2 is 2.05 bits per heavy atom. The highest BCUT2D eigenvalue weighted by Gasteiger charge is 2.17. The average molecular weight is 280 g/mol. The molecule has 108 valence electrons. The van der Waals surface area contributed by atoms with E-state index in [1.165, 1.54) is 48.6 Å². The number of aryl methyl sites for hydroxylation is 1. The number of aromatic amines is 1. The number of nitrogens with zero attached hydrogens (tertiary/aromatic N) is 3. The maximum Gasteiger partial charge on any atom is 0.137 e. The molecule has 4 nitrogen and oxygen atoms in total. The number of nitrogens with one attached hydrogen (secondary N) is 1. The lowest BCUT2D eigenvalue weighted by molar-refractivity contribution is 0.443. The van der Waals surface area contributed by atoms with Gasteiger partial charge in [-0.15, -0.1) is 0 Å². The fourth-order valence-electron chi connectivity index (χ4n) is 3.48. The van der Waals surface area contributed by atoms with E-state index in [4.69, 9.17) is 0 Å². The predicted molar refractivity (Wildman–Crippen MR) is 84.1 cm³/mol. The largest absolute Gasteiger partial charge is 0.346 e. The summed E-state index contributed by atoms with van der Waals surface area (Å²) in [6.45, 7) is 0. The molecular weight excluding hydrogens is 260 g/mol. The summed E-state index contributed by atoms with van der Waals surface area (Å²) in [7, 11) is 1.95. The third-order valence-electron chi connectivity index (χ3n) is 4.64. The van der Waals surface area contributed by atoms with Gasteiger partial charge in [-0.1, -0.05) is 19.3 Å². The molecule has 3 aromatic rings. The number of pyridine rings is 1. The molecule has 0 bridgehead atoms. The monoisotopic (exact) mass is 280 g/mol. The Labute approximate surface area is 124 Å². The van der Waals surface area contributed by atoms with Crippen LogP contribution in [0.2, 0.25) is 0 Å². The molecule has 1 N–H and O–H groups in total. The molecule has 0 aromatic carbocycles. The third-order valence-corrected chi connectivity index (χ3v) is 4.64. The Balaban J connectivity index is 1.78. The van der Waals surface area contributed by atoms with Crippen LogP contribution >= 0.6 is 0 Å². The van der Waals surface area contributed by atoms with Crippen LogP contribution in [0.1, 0.15) is 43.6 Å². The smallest absolute Gasteiger partial charge is 0.137 e. The molecule has 0 saturated heterocycles.